The molecule has 3 heterocycles. The van der Waals surface area contributed by atoms with Gasteiger partial charge >= 0.3 is 0 Å². The SMILES string of the molecule is C[C@]12C=C[C@](C)(O1)[C@H]1C(=O)N(c3cccc4ccccc34)C(=O)[C@H]12. The second-order valence-corrected chi connectivity index (χ2v) is 7.27. The Morgan fingerprint density at radius 3 is 2.12 bits per heavy atom. The zero-order valence-electron chi connectivity index (χ0n) is 13.5. The second-order valence-electron chi connectivity index (χ2n) is 7.27. The Morgan fingerprint density at radius 1 is 0.875 bits per heavy atom. The Balaban J connectivity index is 1.69. The van der Waals surface area contributed by atoms with E-state index in [1.54, 1.807) is 0 Å². The van der Waals surface area contributed by atoms with Crippen LogP contribution in [0.4, 0.5) is 5.69 Å². The van der Waals surface area contributed by atoms with Crippen molar-refractivity contribution in [3.8, 4) is 0 Å². The lowest BCUT2D eigenvalue weighted by molar-refractivity contribution is -0.128. The highest BCUT2D eigenvalue weighted by atomic mass is 16.5. The van der Waals surface area contributed by atoms with E-state index in [9.17, 15) is 9.59 Å². The minimum absolute atomic E-state index is 0.156. The lowest BCUT2D eigenvalue weighted by Gasteiger charge is -2.26. The van der Waals surface area contributed by atoms with E-state index in [0.717, 1.165) is 10.8 Å². The molecule has 0 unspecified atom stereocenters. The van der Waals surface area contributed by atoms with E-state index in [-0.39, 0.29) is 11.8 Å². The number of fused-ring (bicyclic) bond motifs is 6. The molecule has 0 radical (unpaired) electrons. The minimum Gasteiger partial charge on any atom is -0.359 e. The Morgan fingerprint density at radius 2 is 1.46 bits per heavy atom. The average molecular weight is 319 g/mol. The normalized spacial score (nSPS) is 36.8. The van der Waals surface area contributed by atoms with Crippen molar-refractivity contribution >= 4 is 28.3 Å². The summed E-state index contributed by atoms with van der Waals surface area (Å²) in [5, 5.41) is 1.93. The number of rotatable bonds is 1. The maximum Gasteiger partial charge on any atom is 0.241 e. The lowest BCUT2D eigenvalue weighted by Crippen LogP contribution is -2.39. The van der Waals surface area contributed by atoms with Crippen LogP contribution in [-0.2, 0) is 14.3 Å². The number of benzene rings is 2. The average Bonchev–Trinajstić information content (AvgIpc) is 3.11. The van der Waals surface area contributed by atoms with Crippen molar-refractivity contribution in [2.24, 2.45) is 11.8 Å². The molecule has 3 aliphatic rings. The van der Waals surface area contributed by atoms with Crippen LogP contribution in [0.5, 0.6) is 0 Å². The largest absolute Gasteiger partial charge is 0.359 e. The minimum atomic E-state index is -0.689. The fraction of sp³-hybridized carbons (Fsp3) is 0.300. The van der Waals surface area contributed by atoms with Gasteiger partial charge in [-0.25, -0.2) is 4.90 Å². The molecule has 24 heavy (non-hydrogen) atoms. The van der Waals surface area contributed by atoms with Crippen LogP contribution >= 0.6 is 0 Å². The van der Waals surface area contributed by atoms with E-state index in [4.69, 9.17) is 4.74 Å². The highest BCUT2D eigenvalue weighted by molar-refractivity contribution is 6.26. The third-order valence-corrected chi connectivity index (χ3v) is 5.73. The number of hydrogen-bond donors (Lipinski definition) is 0. The first-order valence-corrected chi connectivity index (χ1v) is 8.21. The van der Waals surface area contributed by atoms with Crippen molar-refractivity contribution in [3.63, 3.8) is 0 Å². The maximum absolute atomic E-state index is 13.2. The summed E-state index contributed by atoms with van der Waals surface area (Å²) in [6.45, 7) is 3.80. The van der Waals surface area contributed by atoms with Crippen molar-refractivity contribution in [2.75, 3.05) is 4.90 Å². The smallest absolute Gasteiger partial charge is 0.241 e. The van der Waals surface area contributed by atoms with Crippen LogP contribution in [0.2, 0.25) is 0 Å². The fourth-order valence-corrected chi connectivity index (χ4v) is 4.67. The van der Waals surface area contributed by atoms with Crippen LogP contribution < -0.4 is 4.90 Å². The molecule has 0 aliphatic carbocycles. The zero-order chi connectivity index (χ0) is 16.7. The van der Waals surface area contributed by atoms with Gasteiger partial charge in [-0.1, -0.05) is 48.6 Å². The summed E-state index contributed by atoms with van der Waals surface area (Å²) in [6, 6.07) is 13.5. The molecule has 0 N–H and O–H groups in total. The number of amides is 2. The van der Waals surface area contributed by atoms with Gasteiger partial charge in [0.1, 0.15) is 0 Å². The van der Waals surface area contributed by atoms with Crippen molar-refractivity contribution < 1.29 is 14.3 Å². The van der Waals surface area contributed by atoms with Gasteiger partial charge in [0.15, 0.2) is 0 Å². The Bertz CT molecular complexity index is 908. The molecule has 0 spiro atoms. The molecule has 4 atom stereocenters. The molecule has 4 heteroatoms. The summed E-state index contributed by atoms with van der Waals surface area (Å²) in [5.74, 6) is -1.20. The van der Waals surface area contributed by atoms with Gasteiger partial charge < -0.3 is 4.74 Å². The molecular formula is C20H17NO3. The van der Waals surface area contributed by atoms with E-state index >= 15 is 0 Å². The third kappa shape index (κ3) is 1.47. The number of imide groups is 1. The topological polar surface area (TPSA) is 46.6 Å². The summed E-state index contributed by atoms with van der Waals surface area (Å²) in [4.78, 5) is 27.7. The van der Waals surface area contributed by atoms with Crippen LogP contribution in [0, 0.1) is 11.8 Å². The standard InChI is InChI=1S/C20H17NO3/c1-19-10-11-20(2,24-19)16-15(19)17(22)21(18(16)23)14-9-5-7-12-6-3-4-8-13(12)14/h3-11,15-16H,1-2H3/t15-,16+,19+,20-. The Kier molecular flexibility index (Phi) is 2.40. The molecule has 2 aromatic carbocycles. The van der Waals surface area contributed by atoms with Crippen LogP contribution in [0.25, 0.3) is 10.8 Å². The monoisotopic (exact) mass is 319 g/mol. The van der Waals surface area contributed by atoms with E-state index in [1.165, 1.54) is 4.90 Å². The summed E-state index contributed by atoms with van der Waals surface area (Å²) in [7, 11) is 0. The molecule has 0 aromatic heterocycles. The van der Waals surface area contributed by atoms with Crippen LogP contribution in [0.3, 0.4) is 0 Å². The highest BCUT2D eigenvalue weighted by Gasteiger charge is 2.70. The number of hydrogen-bond acceptors (Lipinski definition) is 3. The maximum atomic E-state index is 13.2. The van der Waals surface area contributed by atoms with E-state index in [1.807, 2.05) is 68.5 Å². The fourth-order valence-electron chi connectivity index (χ4n) is 4.67. The van der Waals surface area contributed by atoms with Crippen molar-refractivity contribution in [1.82, 2.24) is 0 Å². The van der Waals surface area contributed by atoms with Crippen molar-refractivity contribution in [3.05, 3.63) is 54.6 Å². The summed E-state index contributed by atoms with van der Waals surface area (Å²) >= 11 is 0. The van der Waals surface area contributed by atoms with Gasteiger partial charge in [0.2, 0.25) is 11.8 Å². The van der Waals surface area contributed by atoms with Crippen LogP contribution in [0.1, 0.15) is 13.8 Å². The van der Waals surface area contributed by atoms with Crippen molar-refractivity contribution in [1.29, 1.82) is 0 Å². The quantitative estimate of drug-likeness (QED) is 0.599. The predicted octanol–water partition coefficient (Wildman–Crippen LogP) is 3.06. The number of ether oxygens (including phenoxy) is 1. The van der Waals surface area contributed by atoms with Gasteiger partial charge in [0, 0.05) is 5.39 Å². The third-order valence-electron chi connectivity index (χ3n) is 5.73. The van der Waals surface area contributed by atoms with Gasteiger partial charge in [-0.05, 0) is 25.3 Å². The molecule has 5 rings (SSSR count). The number of carbonyl (C=O) groups excluding carboxylic acids is 2. The number of nitrogens with zero attached hydrogens (tertiary/aromatic N) is 1. The lowest BCUT2D eigenvalue weighted by atomic mass is 9.73. The van der Waals surface area contributed by atoms with E-state index in [2.05, 4.69) is 0 Å². The molecule has 2 amide bonds. The number of carbonyl (C=O) groups is 2. The second kappa shape index (κ2) is 4.14. The van der Waals surface area contributed by atoms with Crippen LogP contribution in [0.15, 0.2) is 54.6 Å². The summed E-state index contributed by atoms with van der Waals surface area (Å²) < 4.78 is 6.05. The molecular weight excluding hydrogens is 302 g/mol. The zero-order valence-corrected chi connectivity index (χ0v) is 13.5. The first-order valence-electron chi connectivity index (χ1n) is 8.21. The molecule has 2 saturated heterocycles. The molecule has 0 saturated carbocycles. The van der Waals surface area contributed by atoms with E-state index in [0.29, 0.717) is 5.69 Å². The summed E-state index contributed by atoms with van der Waals surface area (Å²) in [5.41, 5.74) is -0.708. The first-order chi connectivity index (χ1) is 11.4. The molecule has 2 bridgehead atoms. The van der Waals surface area contributed by atoms with Gasteiger partial charge in [0.25, 0.3) is 0 Å². The van der Waals surface area contributed by atoms with Crippen molar-refractivity contribution in [2.45, 2.75) is 25.0 Å². The van der Waals surface area contributed by atoms with Crippen LogP contribution in [-0.4, -0.2) is 23.0 Å². The molecule has 4 nitrogen and oxygen atoms in total. The van der Waals surface area contributed by atoms with Gasteiger partial charge in [0.05, 0.1) is 28.7 Å². The first kappa shape index (κ1) is 13.9. The molecule has 120 valence electrons. The predicted molar refractivity (Wildman–Crippen MR) is 90.5 cm³/mol. The molecule has 2 fully saturated rings. The van der Waals surface area contributed by atoms with Gasteiger partial charge in [-0.2, -0.15) is 0 Å². The van der Waals surface area contributed by atoms with E-state index < -0.39 is 23.0 Å². The van der Waals surface area contributed by atoms with Gasteiger partial charge in [-0.3, -0.25) is 9.59 Å². The number of anilines is 1. The Labute approximate surface area is 139 Å². The Hall–Kier alpha value is -2.46. The molecule has 2 aromatic rings. The summed E-state index contributed by atoms with van der Waals surface area (Å²) in [6.07, 6.45) is 3.87. The highest BCUT2D eigenvalue weighted by Crippen LogP contribution is 2.57. The van der Waals surface area contributed by atoms with Gasteiger partial charge in [-0.15, -0.1) is 0 Å². The molecule has 3 aliphatic heterocycles.